The highest BCUT2D eigenvalue weighted by atomic mass is 31.2. The summed E-state index contributed by atoms with van der Waals surface area (Å²) >= 11 is 0. The normalized spacial score (nSPS) is 14.4. The Morgan fingerprint density at radius 1 is 0.311 bits per heavy atom. The molecule has 3 unspecified atom stereocenters. The zero-order chi connectivity index (χ0) is 66.3. The number of carbonyl (C=O) groups is 4. The summed E-state index contributed by atoms with van der Waals surface area (Å²) in [5, 5.41) is 10.6. The number of hydrogen-bond acceptors (Lipinski definition) is 15. The quantitative estimate of drug-likeness (QED) is 0.0222. The van der Waals surface area contributed by atoms with Crippen LogP contribution in [0, 0.1) is 5.92 Å². The molecule has 0 bridgehead atoms. The number of phosphoric acid groups is 2. The van der Waals surface area contributed by atoms with E-state index in [2.05, 4.69) is 34.6 Å². The molecular weight excluding hydrogens is 1190 g/mol. The first-order valence-corrected chi connectivity index (χ1v) is 40.2. The van der Waals surface area contributed by atoms with Crippen molar-refractivity contribution in [2.75, 3.05) is 39.6 Å². The van der Waals surface area contributed by atoms with E-state index in [-0.39, 0.29) is 25.7 Å². The lowest BCUT2D eigenvalue weighted by Crippen LogP contribution is -2.30. The molecule has 0 radical (unpaired) electrons. The van der Waals surface area contributed by atoms with Crippen LogP contribution in [0.2, 0.25) is 0 Å². The van der Waals surface area contributed by atoms with Gasteiger partial charge in [0.05, 0.1) is 26.4 Å². The largest absolute Gasteiger partial charge is 0.472 e. The van der Waals surface area contributed by atoms with Gasteiger partial charge >= 0.3 is 39.5 Å². The second-order valence-electron chi connectivity index (χ2n) is 25.9. The van der Waals surface area contributed by atoms with Gasteiger partial charge in [0.1, 0.15) is 19.3 Å². The number of ether oxygens (including phenoxy) is 4. The van der Waals surface area contributed by atoms with Crippen molar-refractivity contribution in [2.45, 2.75) is 387 Å². The zero-order valence-electron chi connectivity index (χ0n) is 58.3. The number of carbonyl (C=O) groups excluding carboxylic acids is 4. The predicted octanol–water partition coefficient (Wildman–Crippen LogP) is 20.5. The van der Waals surface area contributed by atoms with Gasteiger partial charge in [-0.05, 0) is 31.6 Å². The van der Waals surface area contributed by atoms with Crippen LogP contribution in [0.5, 0.6) is 0 Å². The molecule has 6 atom stereocenters. The van der Waals surface area contributed by atoms with E-state index >= 15 is 0 Å². The van der Waals surface area contributed by atoms with Gasteiger partial charge in [-0.2, -0.15) is 0 Å². The van der Waals surface area contributed by atoms with E-state index in [1.54, 1.807) is 0 Å². The van der Waals surface area contributed by atoms with Crippen LogP contribution in [0.4, 0.5) is 0 Å². The highest BCUT2D eigenvalue weighted by Gasteiger charge is 2.30. The van der Waals surface area contributed by atoms with Gasteiger partial charge in [-0.15, -0.1) is 0 Å². The highest BCUT2D eigenvalue weighted by Crippen LogP contribution is 2.45. The second kappa shape index (κ2) is 64.4. The first-order valence-electron chi connectivity index (χ1n) is 37.2. The van der Waals surface area contributed by atoms with Crippen LogP contribution in [0.15, 0.2) is 0 Å². The van der Waals surface area contributed by atoms with Gasteiger partial charge in [-0.1, -0.05) is 317 Å². The van der Waals surface area contributed by atoms with E-state index < -0.39 is 97.5 Å². The van der Waals surface area contributed by atoms with Crippen molar-refractivity contribution >= 4 is 39.5 Å². The summed E-state index contributed by atoms with van der Waals surface area (Å²) in [6, 6.07) is 0. The molecule has 0 rings (SSSR count). The molecule has 0 aromatic heterocycles. The lowest BCUT2D eigenvalue weighted by Gasteiger charge is -2.21. The van der Waals surface area contributed by atoms with E-state index in [0.717, 1.165) is 95.8 Å². The summed E-state index contributed by atoms with van der Waals surface area (Å²) in [5.41, 5.74) is 0. The van der Waals surface area contributed by atoms with Gasteiger partial charge in [-0.3, -0.25) is 37.3 Å². The maximum absolute atomic E-state index is 13.0. The molecule has 17 nitrogen and oxygen atoms in total. The molecule has 0 spiro atoms. The van der Waals surface area contributed by atoms with Crippen molar-refractivity contribution in [3.63, 3.8) is 0 Å². The van der Waals surface area contributed by atoms with Gasteiger partial charge in [-0.25, -0.2) is 9.13 Å². The minimum atomic E-state index is -4.95. The third-order valence-corrected chi connectivity index (χ3v) is 18.8. The van der Waals surface area contributed by atoms with Gasteiger partial charge < -0.3 is 33.8 Å². The van der Waals surface area contributed by atoms with Crippen LogP contribution < -0.4 is 0 Å². The van der Waals surface area contributed by atoms with Crippen molar-refractivity contribution < 1.29 is 80.2 Å². The fourth-order valence-electron chi connectivity index (χ4n) is 10.8. The smallest absolute Gasteiger partial charge is 0.462 e. The Morgan fingerprint density at radius 3 is 0.789 bits per heavy atom. The summed E-state index contributed by atoms with van der Waals surface area (Å²) in [4.78, 5) is 72.6. The summed E-state index contributed by atoms with van der Waals surface area (Å²) in [7, 11) is -9.90. The van der Waals surface area contributed by atoms with Crippen LogP contribution in [-0.2, 0) is 65.4 Å². The Morgan fingerprint density at radius 2 is 0.533 bits per heavy atom. The molecule has 0 saturated heterocycles. The fourth-order valence-corrected chi connectivity index (χ4v) is 12.4. The molecule has 0 fully saturated rings. The first kappa shape index (κ1) is 88.1. The van der Waals surface area contributed by atoms with E-state index in [4.69, 9.17) is 37.0 Å². The Balaban J connectivity index is 5.25. The lowest BCUT2D eigenvalue weighted by atomic mass is 9.99. The van der Waals surface area contributed by atoms with Crippen molar-refractivity contribution in [3.8, 4) is 0 Å². The summed E-state index contributed by atoms with van der Waals surface area (Å²) in [6.07, 6.45) is 51.0. The molecule has 0 heterocycles. The van der Waals surface area contributed by atoms with Crippen molar-refractivity contribution in [1.29, 1.82) is 0 Å². The van der Waals surface area contributed by atoms with E-state index in [1.807, 2.05) is 0 Å². The lowest BCUT2D eigenvalue weighted by molar-refractivity contribution is -0.161. The highest BCUT2D eigenvalue weighted by molar-refractivity contribution is 7.47. The number of aliphatic hydroxyl groups excluding tert-OH is 1. The molecule has 534 valence electrons. The molecule has 90 heavy (non-hydrogen) atoms. The SMILES string of the molecule is CCCCCCCCCCCCCCCCC(=O)OC[C@H](COP(=O)(O)OC[C@@H](O)COP(=O)(O)OC[C@@H](COC(=O)CCCCCCCCCCCC)OC(=O)CCCCCCCCCCCCCC)OC(=O)CCCCCCCCCCCCC(C)CC. The number of rotatable bonds is 71. The molecule has 0 amide bonds. The number of unbranched alkanes of at least 4 members (excludes halogenated alkanes) is 42. The maximum atomic E-state index is 13.0. The maximum Gasteiger partial charge on any atom is 0.472 e. The average molecular weight is 1330 g/mol. The van der Waals surface area contributed by atoms with Crippen molar-refractivity contribution in [2.24, 2.45) is 5.92 Å². The van der Waals surface area contributed by atoms with Crippen molar-refractivity contribution in [1.82, 2.24) is 0 Å². The molecule has 0 aliphatic carbocycles. The Labute approximate surface area is 549 Å². The third kappa shape index (κ3) is 63.5. The fraction of sp³-hybridized carbons (Fsp3) is 0.944. The zero-order valence-corrected chi connectivity index (χ0v) is 60.1. The molecule has 3 N–H and O–H groups in total. The minimum Gasteiger partial charge on any atom is -0.462 e. The van der Waals surface area contributed by atoms with Crippen LogP contribution in [-0.4, -0.2) is 96.7 Å². The van der Waals surface area contributed by atoms with E-state index in [1.165, 1.54) is 193 Å². The monoisotopic (exact) mass is 1320 g/mol. The molecular formula is C71H138O17P2. The van der Waals surface area contributed by atoms with Crippen LogP contribution in [0.25, 0.3) is 0 Å². The molecule has 0 saturated carbocycles. The third-order valence-electron chi connectivity index (χ3n) is 16.9. The van der Waals surface area contributed by atoms with Gasteiger partial charge in [0.2, 0.25) is 0 Å². The predicted molar refractivity (Wildman–Crippen MR) is 363 cm³/mol. The Bertz CT molecular complexity index is 1740. The number of phosphoric ester groups is 2. The number of hydrogen-bond donors (Lipinski definition) is 3. The second-order valence-corrected chi connectivity index (χ2v) is 28.8. The van der Waals surface area contributed by atoms with Crippen LogP contribution in [0.1, 0.15) is 369 Å². The molecule has 0 aromatic carbocycles. The Kier molecular flexibility index (Phi) is 63.0. The van der Waals surface area contributed by atoms with Gasteiger partial charge in [0.25, 0.3) is 0 Å². The summed E-state index contributed by atoms with van der Waals surface area (Å²) in [6.45, 7) is 7.28. The number of esters is 4. The first-order chi connectivity index (χ1) is 43.6. The summed E-state index contributed by atoms with van der Waals surface area (Å²) in [5.74, 6) is -1.32. The standard InChI is InChI=1S/C71H138O17P2/c1-6-10-13-16-19-22-25-27-28-30-35-40-45-50-55-69(74)82-61-67(88-71(76)57-52-47-42-37-32-31-33-38-43-48-53-64(5)9-4)63-86-90(79,80)84-59-65(72)58-83-89(77,78)85-62-66(60-81-68(73)54-49-44-39-34-24-21-18-15-12-8-3)87-70(75)56-51-46-41-36-29-26-23-20-17-14-11-7-2/h64-67,72H,6-63H2,1-5H3,(H,77,78)(H,79,80)/t64?,65-,66+,67+/m0/s1. The van der Waals surface area contributed by atoms with Crippen molar-refractivity contribution in [3.05, 3.63) is 0 Å². The summed E-state index contributed by atoms with van der Waals surface area (Å²) < 4.78 is 68.3. The molecule has 0 aliphatic heterocycles. The van der Waals surface area contributed by atoms with Crippen LogP contribution in [0.3, 0.4) is 0 Å². The van der Waals surface area contributed by atoms with Gasteiger partial charge in [0, 0.05) is 25.7 Å². The van der Waals surface area contributed by atoms with E-state index in [0.29, 0.717) is 25.7 Å². The van der Waals surface area contributed by atoms with E-state index in [9.17, 15) is 43.2 Å². The average Bonchev–Trinajstić information content (AvgIpc) is 3.27. The Hall–Kier alpha value is -1.94. The number of aliphatic hydroxyl groups is 1. The minimum absolute atomic E-state index is 0.107. The molecule has 0 aliphatic rings. The molecule has 0 aromatic rings. The molecule has 19 heteroatoms. The topological polar surface area (TPSA) is 237 Å². The van der Waals surface area contributed by atoms with Gasteiger partial charge in [0.15, 0.2) is 12.2 Å². The van der Waals surface area contributed by atoms with Crippen LogP contribution >= 0.6 is 15.6 Å².